The van der Waals surface area contributed by atoms with Crippen LogP contribution in [0.2, 0.25) is 0 Å². The standard InChI is InChI=1S/C12H26O/c1-6-7-9-12(4,5)13-10-8-11(2)3/h11H,6-10H2,1-5H3. The fourth-order valence-corrected chi connectivity index (χ4v) is 1.25. The van der Waals surface area contributed by atoms with Gasteiger partial charge in [0.25, 0.3) is 0 Å². The molecule has 0 aromatic heterocycles. The van der Waals surface area contributed by atoms with E-state index in [0.717, 1.165) is 12.5 Å². The Bertz CT molecular complexity index is 116. The quantitative estimate of drug-likeness (QED) is 0.583. The first-order valence-corrected chi connectivity index (χ1v) is 5.62. The largest absolute Gasteiger partial charge is 0.376 e. The second kappa shape index (κ2) is 6.42. The first kappa shape index (κ1) is 13.0. The summed E-state index contributed by atoms with van der Waals surface area (Å²) in [5.74, 6) is 0.752. The lowest BCUT2D eigenvalue weighted by Crippen LogP contribution is -2.25. The summed E-state index contributed by atoms with van der Waals surface area (Å²) >= 11 is 0. The van der Waals surface area contributed by atoms with E-state index in [1.165, 1.54) is 25.7 Å². The highest BCUT2D eigenvalue weighted by molar-refractivity contribution is 4.67. The van der Waals surface area contributed by atoms with Gasteiger partial charge in [0.05, 0.1) is 5.60 Å². The summed E-state index contributed by atoms with van der Waals surface area (Å²) in [5.41, 5.74) is 0.0882. The van der Waals surface area contributed by atoms with Crippen molar-refractivity contribution in [1.29, 1.82) is 0 Å². The Hall–Kier alpha value is -0.0400. The first-order chi connectivity index (χ1) is 5.98. The van der Waals surface area contributed by atoms with Gasteiger partial charge in [0, 0.05) is 6.61 Å². The van der Waals surface area contributed by atoms with Crippen LogP contribution in [0.15, 0.2) is 0 Å². The molecular weight excluding hydrogens is 160 g/mol. The minimum atomic E-state index is 0.0882. The van der Waals surface area contributed by atoms with Gasteiger partial charge in [-0.1, -0.05) is 33.6 Å². The smallest absolute Gasteiger partial charge is 0.0626 e. The number of rotatable bonds is 7. The van der Waals surface area contributed by atoms with Gasteiger partial charge in [0.2, 0.25) is 0 Å². The van der Waals surface area contributed by atoms with Gasteiger partial charge in [0.1, 0.15) is 0 Å². The molecule has 0 heterocycles. The Balaban J connectivity index is 3.50. The molecule has 0 atom stereocenters. The van der Waals surface area contributed by atoms with E-state index in [1.54, 1.807) is 0 Å². The zero-order valence-corrected chi connectivity index (χ0v) is 10.0. The number of hydrogen-bond donors (Lipinski definition) is 0. The molecule has 0 radical (unpaired) electrons. The minimum Gasteiger partial charge on any atom is -0.376 e. The van der Waals surface area contributed by atoms with Gasteiger partial charge in [0.15, 0.2) is 0 Å². The van der Waals surface area contributed by atoms with Crippen molar-refractivity contribution in [1.82, 2.24) is 0 Å². The molecule has 1 nitrogen and oxygen atoms in total. The van der Waals surface area contributed by atoms with E-state index in [-0.39, 0.29) is 5.60 Å². The van der Waals surface area contributed by atoms with Crippen molar-refractivity contribution in [2.75, 3.05) is 6.61 Å². The number of hydrogen-bond acceptors (Lipinski definition) is 1. The second-order valence-electron chi connectivity index (χ2n) is 4.89. The summed E-state index contributed by atoms with van der Waals surface area (Å²) < 4.78 is 5.84. The van der Waals surface area contributed by atoms with E-state index < -0.39 is 0 Å². The molecule has 0 bridgehead atoms. The average Bonchev–Trinajstić information content (AvgIpc) is 2.00. The summed E-state index contributed by atoms with van der Waals surface area (Å²) in [5, 5.41) is 0. The molecule has 0 N–H and O–H groups in total. The van der Waals surface area contributed by atoms with Gasteiger partial charge in [-0.2, -0.15) is 0 Å². The Morgan fingerprint density at radius 1 is 1.23 bits per heavy atom. The summed E-state index contributed by atoms with van der Waals surface area (Å²) in [6.45, 7) is 12.0. The average molecular weight is 186 g/mol. The molecule has 0 saturated carbocycles. The zero-order valence-electron chi connectivity index (χ0n) is 10.0. The Labute approximate surface area is 83.9 Å². The molecule has 0 fully saturated rings. The van der Waals surface area contributed by atoms with Crippen LogP contribution >= 0.6 is 0 Å². The van der Waals surface area contributed by atoms with Crippen molar-refractivity contribution in [3.05, 3.63) is 0 Å². The molecule has 13 heavy (non-hydrogen) atoms. The Morgan fingerprint density at radius 3 is 2.31 bits per heavy atom. The molecule has 0 spiro atoms. The van der Waals surface area contributed by atoms with Crippen molar-refractivity contribution >= 4 is 0 Å². The molecule has 0 unspecified atom stereocenters. The summed E-state index contributed by atoms with van der Waals surface area (Å²) in [7, 11) is 0. The van der Waals surface area contributed by atoms with Crippen molar-refractivity contribution in [2.45, 2.75) is 65.9 Å². The van der Waals surface area contributed by atoms with Crippen molar-refractivity contribution in [3.63, 3.8) is 0 Å². The Kier molecular flexibility index (Phi) is 6.40. The molecule has 0 rings (SSSR count). The number of ether oxygens (including phenoxy) is 1. The molecule has 0 aliphatic rings. The molecule has 0 aromatic rings. The second-order valence-corrected chi connectivity index (χ2v) is 4.89. The zero-order chi connectivity index (χ0) is 10.3. The Morgan fingerprint density at radius 2 is 1.85 bits per heavy atom. The SMILES string of the molecule is CCCCC(C)(C)OCCC(C)C. The van der Waals surface area contributed by atoms with Gasteiger partial charge in [-0.3, -0.25) is 0 Å². The van der Waals surface area contributed by atoms with E-state index >= 15 is 0 Å². The highest BCUT2D eigenvalue weighted by atomic mass is 16.5. The molecule has 0 aromatic carbocycles. The van der Waals surface area contributed by atoms with E-state index in [1.807, 2.05) is 0 Å². The topological polar surface area (TPSA) is 9.23 Å². The molecule has 1 heteroatoms. The van der Waals surface area contributed by atoms with E-state index in [9.17, 15) is 0 Å². The maximum atomic E-state index is 5.84. The van der Waals surface area contributed by atoms with Crippen LogP contribution < -0.4 is 0 Å². The van der Waals surface area contributed by atoms with Gasteiger partial charge in [-0.05, 0) is 32.6 Å². The normalized spacial score (nSPS) is 12.5. The summed E-state index contributed by atoms with van der Waals surface area (Å²) in [4.78, 5) is 0. The molecule has 0 saturated heterocycles. The van der Waals surface area contributed by atoms with Crippen LogP contribution in [0.25, 0.3) is 0 Å². The molecule has 0 aliphatic carbocycles. The third-order valence-corrected chi connectivity index (χ3v) is 2.32. The lowest BCUT2D eigenvalue weighted by Gasteiger charge is -2.25. The van der Waals surface area contributed by atoms with Crippen molar-refractivity contribution < 1.29 is 4.74 Å². The summed E-state index contributed by atoms with van der Waals surface area (Å²) in [6.07, 6.45) is 4.89. The lowest BCUT2D eigenvalue weighted by molar-refractivity contribution is -0.0290. The summed E-state index contributed by atoms with van der Waals surface area (Å²) in [6, 6.07) is 0. The van der Waals surface area contributed by atoms with Gasteiger partial charge >= 0.3 is 0 Å². The monoisotopic (exact) mass is 186 g/mol. The lowest BCUT2D eigenvalue weighted by atomic mass is 10.0. The third-order valence-electron chi connectivity index (χ3n) is 2.32. The third kappa shape index (κ3) is 8.29. The van der Waals surface area contributed by atoms with Crippen LogP contribution in [-0.2, 0) is 4.74 Å². The van der Waals surface area contributed by atoms with E-state index in [0.29, 0.717) is 0 Å². The van der Waals surface area contributed by atoms with E-state index in [4.69, 9.17) is 4.74 Å². The maximum Gasteiger partial charge on any atom is 0.0626 e. The predicted molar refractivity (Wildman–Crippen MR) is 59.0 cm³/mol. The fraction of sp³-hybridized carbons (Fsp3) is 1.00. The fourth-order valence-electron chi connectivity index (χ4n) is 1.25. The molecule has 80 valence electrons. The molecule has 0 amide bonds. The van der Waals surface area contributed by atoms with Crippen molar-refractivity contribution in [3.8, 4) is 0 Å². The number of unbranched alkanes of at least 4 members (excludes halogenated alkanes) is 1. The van der Waals surface area contributed by atoms with Gasteiger partial charge in [-0.25, -0.2) is 0 Å². The predicted octanol–water partition coefficient (Wildman–Crippen LogP) is 4.02. The van der Waals surface area contributed by atoms with Crippen LogP contribution in [0, 0.1) is 5.92 Å². The van der Waals surface area contributed by atoms with Crippen LogP contribution in [-0.4, -0.2) is 12.2 Å². The highest BCUT2D eigenvalue weighted by Crippen LogP contribution is 2.18. The van der Waals surface area contributed by atoms with Crippen molar-refractivity contribution in [2.24, 2.45) is 5.92 Å². The van der Waals surface area contributed by atoms with Crippen LogP contribution in [0.1, 0.15) is 60.3 Å². The first-order valence-electron chi connectivity index (χ1n) is 5.62. The van der Waals surface area contributed by atoms with Crippen LogP contribution in [0.5, 0.6) is 0 Å². The van der Waals surface area contributed by atoms with Crippen LogP contribution in [0.4, 0.5) is 0 Å². The van der Waals surface area contributed by atoms with Gasteiger partial charge < -0.3 is 4.74 Å². The highest BCUT2D eigenvalue weighted by Gasteiger charge is 2.16. The van der Waals surface area contributed by atoms with Gasteiger partial charge in [-0.15, -0.1) is 0 Å². The molecule has 0 aliphatic heterocycles. The minimum absolute atomic E-state index is 0.0882. The molecular formula is C12H26O. The van der Waals surface area contributed by atoms with E-state index in [2.05, 4.69) is 34.6 Å². The maximum absolute atomic E-state index is 5.84. The van der Waals surface area contributed by atoms with Crippen LogP contribution in [0.3, 0.4) is 0 Å².